The highest BCUT2D eigenvalue weighted by Crippen LogP contribution is 2.13. The van der Waals surface area contributed by atoms with Gasteiger partial charge in [-0.25, -0.2) is 0 Å². The van der Waals surface area contributed by atoms with Gasteiger partial charge in [0, 0.05) is 12.8 Å². The maximum atomic E-state index is 7.15. The Bertz CT molecular complexity index is 583. The van der Waals surface area contributed by atoms with E-state index >= 15 is 0 Å². The minimum atomic E-state index is 0.560. The third-order valence-electron chi connectivity index (χ3n) is 3.53. The highest BCUT2D eigenvalue weighted by atomic mass is 16.5. The highest BCUT2D eigenvalue weighted by Gasteiger charge is 1.97. The van der Waals surface area contributed by atoms with Crippen molar-refractivity contribution in [1.82, 2.24) is 0 Å². The average molecular weight is 343 g/mol. The Hall–Kier alpha value is -2.37. The Morgan fingerprint density at radius 2 is 1.28 bits per heavy atom. The molecule has 0 radical (unpaired) electrons. The summed E-state index contributed by atoms with van der Waals surface area (Å²) in [5.41, 5.74) is 12.1. The summed E-state index contributed by atoms with van der Waals surface area (Å²) in [6.07, 6.45) is 4.41. The van der Waals surface area contributed by atoms with Crippen molar-refractivity contribution in [2.45, 2.75) is 25.8 Å². The molecule has 0 aliphatic carbocycles. The van der Waals surface area contributed by atoms with Crippen molar-refractivity contribution in [2.75, 3.05) is 20.3 Å². The lowest BCUT2D eigenvalue weighted by molar-refractivity contribution is 0.279. The highest BCUT2D eigenvalue weighted by molar-refractivity contribution is 5.76. The molecule has 0 spiro atoms. The smallest absolute Gasteiger partial charge is 0.119 e. The summed E-state index contributed by atoms with van der Waals surface area (Å²) in [5.74, 6) is 1.75. The third-order valence-corrected chi connectivity index (χ3v) is 3.53. The molecule has 0 aliphatic heterocycles. The zero-order valence-corrected chi connectivity index (χ0v) is 14.9. The summed E-state index contributed by atoms with van der Waals surface area (Å²) < 4.78 is 11.4. The summed E-state index contributed by atoms with van der Waals surface area (Å²) in [5, 5.41) is 7.15. The topological polar surface area (TPSA) is 94.4 Å². The molecule has 0 aromatic heterocycles. The van der Waals surface area contributed by atoms with Crippen LogP contribution < -0.4 is 20.9 Å². The summed E-state index contributed by atoms with van der Waals surface area (Å²) >= 11 is 0. The maximum absolute atomic E-state index is 7.15. The van der Waals surface area contributed by atoms with E-state index < -0.39 is 0 Å². The lowest BCUT2D eigenvalue weighted by atomic mass is 10.2. The molecule has 0 heterocycles. The first-order chi connectivity index (χ1) is 12.3. The van der Waals surface area contributed by atoms with Crippen LogP contribution in [0.2, 0.25) is 0 Å². The molecule has 2 aromatic rings. The minimum Gasteiger partial charge on any atom is -0.494 e. The van der Waals surface area contributed by atoms with Gasteiger partial charge in [0.05, 0.1) is 13.2 Å². The quantitative estimate of drug-likeness (QED) is 0.455. The van der Waals surface area contributed by atoms with Gasteiger partial charge in [0.2, 0.25) is 0 Å². The Labute approximate surface area is 150 Å². The molecule has 25 heavy (non-hydrogen) atoms. The molecule has 0 amide bonds. The van der Waals surface area contributed by atoms with E-state index in [4.69, 9.17) is 20.6 Å². The molecule has 0 fully saturated rings. The van der Waals surface area contributed by atoms with Crippen molar-refractivity contribution in [3.63, 3.8) is 0 Å². The van der Waals surface area contributed by atoms with E-state index in [0.717, 1.165) is 48.5 Å². The molecule has 0 bridgehead atoms. The number of rotatable bonds is 10. The summed E-state index contributed by atoms with van der Waals surface area (Å²) in [6.45, 7) is 1.98. The van der Waals surface area contributed by atoms with E-state index in [0.29, 0.717) is 13.2 Å². The largest absolute Gasteiger partial charge is 0.494 e. The molecule has 2 aromatic carbocycles. The molecule has 0 aliphatic rings. The fourth-order valence-electron chi connectivity index (χ4n) is 2.14. The van der Waals surface area contributed by atoms with Crippen molar-refractivity contribution in [3.05, 3.63) is 59.7 Å². The van der Waals surface area contributed by atoms with Crippen molar-refractivity contribution < 1.29 is 9.47 Å². The van der Waals surface area contributed by atoms with Crippen molar-refractivity contribution in [1.29, 1.82) is 5.41 Å². The molecule has 5 N–H and O–H groups in total. The van der Waals surface area contributed by atoms with Gasteiger partial charge in [-0.3, -0.25) is 0 Å². The summed E-state index contributed by atoms with van der Waals surface area (Å²) in [7, 11) is 1.50. The number of nitrogens with two attached hydrogens (primary N) is 2. The molecular formula is C20H29N3O2. The van der Waals surface area contributed by atoms with Crippen molar-refractivity contribution in [2.24, 2.45) is 11.5 Å². The number of unbranched alkanes of at least 4 members (excludes halogenated alkanes) is 2. The summed E-state index contributed by atoms with van der Waals surface area (Å²) in [4.78, 5) is 0. The summed E-state index contributed by atoms with van der Waals surface area (Å²) in [6, 6.07) is 15.5. The Balaban J connectivity index is 0.00000151. The van der Waals surface area contributed by atoms with E-state index in [2.05, 4.69) is 5.73 Å². The third kappa shape index (κ3) is 8.33. The number of hydrogen-bond acceptors (Lipinski definition) is 5. The van der Waals surface area contributed by atoms with E-state index in [1.807, 2.05) is 48.5 Å². The monoisotopic (exact) mass is 343 g/mol. The normalized spacial score (nSPS) is 9.72. The van der Waals surface area contributed by atoms with E-state index in [1.54, 1.807) is 0 Å². The number of ether oxygens (including phenoxy) is 2. The number of benzene rings is 2. The first-order valence-corrected chi connectivity index (χ1v) is 8.54. The van der Waals surface area contributed by atoms with Gasteiger partial charge in [-0.1, -0.05) is 12.1 Å². The predicted molar refractivity (Wildman–Crippen MR) is 104 cm³/mol. The van der Waals surface area contributed by atoms with Crippen LogP contribution in [0, 0.1) is 5.41 Å². The van der Waals surface area contributed by atoms with Crippen LogP contribution in [0.3, 0.4) is 0 Å². The predicted octanol–water partition coefficient (Wildman–Crippen LogP) is 3.35. The molecule has 2 rings (SSSR count). The van der Waals surface area contributed by atoms with Gasteiger partial charge in [0.1, 0.15) is 11.5 Å². The molecule has 0 saturated carbocycles. The van der Waals surface area contributed by atoms with Gasteiger partial charge in [-0.2, -0.15) is 0 Å². The number of nitrogens with one attached hydrogen (secondary N) is 1. The van der Waals surface area contributed by atoms with Gasteiger partial charge in [0.25, 0.3) is 0 Å². The molecule has 0 saturated heterocycles. The first kappa shape index (κ1) is 20.7. The second-order valence-electron chi connectivity index (χ2n) is 5.32. The SMILES string of the molecule is CN.N=Cc1ccc(OCCCCCOc2ccc(CN)cc2)cc1. The molecule has 136 valence electrons. The Kier molecular flexibility index (Phi) is 10.7. The lowest BCUT2D eigenvalue weighted by Crippen LogP contribution is -2.01. The minimum absolute atomic E-state index is 0.560. The molecule has 0 atom stereocenters. The molecule has 0 unspecified atom stereocenters. The van der Waals surface area contributed by atoms with Gasteiger partial charge in [-0.15, -0.1) is 0 Å². The van der Waals surface area contributed by atoms with Crippen LogP contribution in [0.15, 0.2) is 48.5 Å². The van der Waals surface area contributed by atoms with E-state index in [9.17, 15) is 0 Å². The van der Waals surface area contributed by atoms with Crippen LogP contribution in [0.4, 0.5) is 0 Å². The lowest BCUT2D eigenvalue weighted by Gasteiger charge is -2.08. The first-order valence-electron chi connectivity index (χ1n) is 8.54. The zero-order valence-electron chi connectivity index (χ0n) is 14.9. The average Bonchev–Trinajstić information content (AvgIpc) is 2.69. The maximum Gasteiger partial charge on any atom is 0.119 e. The standard InChI is InChI=1S/C19H24N2O2.CH5N/c20-14-16-4-8-18(9-5-16)22-12-2-1-3-13-23-19-10-6-17(15-21)7-11-19;1-2/h4-11,14,20H,1-3,12-13,15,21H2;2H2,1H3. The van der Waals surface area contributed by atoms with Crippen LogP contribution in [-0.4, -0.2) is 26.5 Å². The zero-order chi connectivity index (χ0) is 18.3. The molecule has 5 nitrogen and oxygen atoms in total. The Morgan fingerprint density at radius 3 is 1.72 bits per heavy atom. The Morgan fingerprint density at radius 1 is 0.800 bits per heavy atom. The van der Waals surface area contributed by atoms with Crippen LogP contribution in [0.25, 0.3) is 0 Å². The van der Waals surface area contributed by atoms with Crippen molar-refractivity contribution in [3.8, 4) is 11.5 Å². The fraction of sp³-hybridized carbons (Fsp3) is 0.350. The second-order valence-corrected chi connectivity index (χ2v) is 5.32. The second kappa shape index (κ2) is 13.0. The van der Waals surface area contributed by atoms with Gasteiger partial charge >= 0.3 is 0 Å². The van der Waals surface area contributed by atoms with E-state index in [1.165, 1.54) is 13.3 Å². The number of hydrogen-bond donors (Lipinski definition) is 3. The van der Waals surface area contributed by atoms with Crippen LogP contribution in [0.1, 0.15) is 30.4 Å². The van der Waals surface area contributed by atoms with Gasteiger partial charge in [0.15, 0.2) is 0 Å². The van der Waals surface area contributed by atoms with Crippen LogP contribution >= 0.6 is 0 Å². The van der Waals surface area contributed by atoms with Gasteiger partial charge < -0.3 is 26.4 Å². The van der Waals surface area contributed by atoms with Crippen LogP contribution in [-0.2, 0) is 6.54 Å². The van der Waals surface area contributed by atoms with Crippen LogP contribution in [0.5, 0.6) is 11.5 Å². The van der Waals surface area contributed by atoms with Gasteiger partial charge in [-0.05, 0) is 73.8 Å². The van der Waals surface area contributed by atoms with Crippen molar-refractivity contribution >= 4 is 6.21 Å². The fourth-order valence-corrected chi connectivity index (χ4v) is 2.14. The molecule has 5 heteroatoms. The van der Waals surface area contributed by atoms with E-state index in [-0.39, 0.29) is 0 Å². The molecular weight excluding hydrogens is 314 g/mol.